The van der Waals surface area contributed by atoms with Crippen molar-refractivity contribution in [3.05, 3.63) is 35.6 Å². The minimum atomic E-state index is -1.48. The van der Waals surface area contributed by atoms with Gasteiger partial charge in [0, 0.05) is 63.7 Å². The first kappa shape index (κ1) is 23.8. The van der Waals surface area contributed by atoms with E-state index in [4.69, 9.17) is 0 Å². The fourth-order valence-electron chi connectivity index (χ4n) is 5.60. The van der Waals surface area contributed by atoms with Gasteiger partial charge in [0.15, 0.2) is 0 Å². The summed E-state index contributed by atoms with van der Waals surface area (Å²) in [7, 11) is 3.73. The predicted molar refractivity (Wildman–Crippen MR) is 123 cm³/mol. The van der Waals surface area contributed by atoms with Crippen molar-refractivity contribution in [2.24, 2.45) is 0 Å². The summed E-state index contributed by atoms with van der Waals surface area (Å²) in [6, 6.07) is 6.67. The summed E-state index contributed by atoms with van der Waals surface area (Å²) in [5.41, 5.74) is -1.33. The standard InChI is InChI=1S/C25H35FN4O3/c1-27(2)11-16-30-23(32)18-25(24(30)33,20-9-5-6-10-21(20)26)17-22(31)29-14-12-28(13-15-29)19-7-3-4-8-19/h5-6,9-10,19H,3-4,7-8,11-18H2,1-2H3/t25-/m1/s1. The zero-order chi connectivity index (χ0) is 23.6. The number of carbonyl (C=O) groups excluding carboxylic acids is 3. The van der Waals surface area contributed by atoms with E-state index in [1.165, 1.54) is 36.6 Å². The summed E-state index contributed by atoms with van der Waals surface area (Å²) in [5, 5.41) is 0. The van der Waals surface area contributed by atoms with Gasteiger partial charge in [0.05, 0.1) is 5.41 Å². The van der Waals surface area contributed by atoms with Crippen molar-refractivity contribution in [3.63, 3.8) is 0 Å². The maximum absolute atomic E-state index is 14.9. The summed E-state index contributed by atoms with van der Waals surface area (Å²) >= 11 is 0. The number of hydrogen-bond acceptors (Lipinski definition) is 5. The van der Waals surface area contributed by atoms with E-state index in [9.17, 15) is 18.8 Å². The SMILES string of the molecule is CN(C)CCN1C(=O)C[C@](CC(=O)N2CCN(C3CCCC3)CC2)(c2ccccc2F)C1=O. The molecule has 0 N–H and O–H groups in total. The average Bonchev–Trinajstić information content (AvgIpc) is 3.41. The second-order valence-electron chi connectivity index (χ2n) is 9.92. The molecule has 180 valence electrons. The van der Waals surface area contributed by atoms with Crippen LogP contribution in [0.3, 0.4) is 0 Å². The van der Waals surface area contributed by atoms with Crippen molar-refractivity contribution in [2.45, 2.75) is 50.0 Å². The minimum Gasteiger partial charge on any atom is -0.340 e. The molecule has 4 rings (SSSR count). The van der Waals surface area contributed by atoms with Crippen LogP contribution in [0.1, 0.15) is 44.1 Å². The summed E-state index contributed by atoms with van der Waals surface area (Å²) < 4.78 is 14.9. The van der Waals surface area contributed by atoms with Crippen LogP contribution in [0.5, 0.6) is 0 Å². The normalized spacial score (nSPS) is 25.0. The predicted octanol–water partition coefficient (Wildman–Crippen LogP) is 1.86. The van der Waals surface area contributed by atoms with Crippen LogP contribution in [-0.4, -0.2) is 96.7 Å². The molecule has 1 aliphatic carbocycles. The van der Waals surface area contributed by atoms with Crippen LogP contribution in [0.15, 0.2) is 24.3 Å². The Morgan fingerprint density at radius 1 is 1.09 bits per heavy atom. The minimum absolute atomic E-state index is 0.147. The fourth-order valence-corrected chi connectivity index (χ4v) is 5.60. The number of benzene rings is 1. The van der Waals surface area contributed by atoms with E-state index in [2.05, 4.69) is 4.90 Å². The molecular weight excluding hydrogens is 423 g/mol. The lowest BCUT2D eigenvalue weighted by Gasteiger charge is -2.39. The number of nitrogens with zero attached hydrogens (tertiary/aromatic N) is 4. The molecule has 1 aromatic carbocycles. The van der Waals surface area contributed by atoms with Crippen LogP contribution >= 0.6 is 0 Å². The van der Waals surface area contributed by atoms with Crippen molar-refractivity contribution in [1.82, 2.24) is 19.6 Å². The summed E-state index contributed by atoms with van der Waals surface area (Å²) in [6.45, 7) is 3.61. The Kier molecular flexibility index (Phi) is 7.14. The fraction of sp³-hybridized carbons (Fsp3) is 0.640. The van der Waals surface area contributed by atoms with Crippen molar-refractivity contribution in [2.75, 3.05) is 53.4 Å². The first-order valence-corrected chi connectivity index (χ1v) is 12.1. The van der Waals surface area contributed by atoms with Gasteiger partial charge in [0.1, 0.15) is 5.82 Å². The molecule has 1 aromatic rings. The highest BCUT2D eigenvalue weighted by atomic mass is 19.1. The second-order valence-corrected chi connectivity index (χ2v) is 9.92. The van der Waals surface area contributed by atoms with Crippen LogP contribution in [0.2, 0.25) is 0 Å². The highest BCUT2D eigenvalue weighted by Crippen LogP contribution is 2.41. The Hall–Kier alpha value is -2.32. The molecular formula is C25H35FN4O3. The van der Waals surface area contributed by atoms with Crippen molar-refractivity contribution in [1.29, 1.82) is 0 Å². The van der Waals surface area contributed by atoms with Gasteiger partial charge in [-0.15, -0.1) is 0 Å². The molecule has 0 spiro atoms. The number of carbonyl (C=O) groups is 3. The van der Waals surface area contributed by atoms with E-state index < -0.39 is 17.1 Å². The number of amides is 3. The van der Waals surface area contributed by atoms with E-state index >= 15 is 0 Å². The van der Waals surface area contributed by atoms with Gasteiger partial charge in [-0.3, -0.25) is 24.2 Å². The van der Waals surface area contributed by atoms with Crippen LogP contribution in [0, 0.1) is 5.82 Å². The number of halogens is 1. The third kappa shape index (κ3) is 4.82. The van der Waals surface area contributed by atoms with Gasteiger partial charge >= 0.3 is 0 Å². The third-order valence-corrected chi connectivity index (χ3v) is 7.53. The Bertz CT molecular complexity index is 893. The van der Waals surface area contributed by atoms with Gasteiger partial charge < -0.3 is 9.80 Å². The van der Waals surface area contributed by atoms with Crippen LogP contribution in [-0.2, 0) is 19.8 Å². The van der Waals surface area contributed by atoms with Gasteiger partial charge in [0.2, 0.25) is 17.7 Å². The average molecular weight is 459 g/mol. The van der Waals surface area contributed by atoms with E-state index in [0.717, 1.165) is 13.1 Å². The molecule has 2 aliphatic heterocycles. The maximum Gasteiger partial charge on any atom is 0.241 e. The molecule has 0 aromatic heterocycles. The second kappa shape index (κ2) is 9.89. The van der Waals surface area contributed by atoms with Crippen LogP contribution in [0.25, 0.3) is 0 Å². The van der Waals surface area contributed by atoms with Gasteiger partial charge in [-0.25, -0.2) is 4.39 Å². The third-order valence-electron chi connectivity index (χ3n) is 7.53. The Morgan fingerprint density at radius 2 is 1.76 bits per heavy atom. The lowest BCUT2D eigenvalue weighted by molar-refractivity contribution is -0.143. The highest BCUT2D eigenvalue weighted by Gasteiger charge is 2.55. The van der Waals surface area contributed by atoms with E-state index in [1.54, 1.807) is 23.1 Å². The summed E-state index contributed by atoms with van der Waals surface area (Å²) in [5.74, 6) is -1.53. The van der Waals surface area contributed by atoms with Crippen molar-refractivity contribution >= 4 is 17.7 Å². The number of hydrogen-bond donors (Lipinski definition) is 0. The molecule has 2 saturated heterocycles. The van der Waals surface area contributed by atoms with Gasteiger partial charge in [-0.1, -0.05) is 31.0 Å². The van der Waals surface area contributed by atoms with Crippen LogP contribution < -0.4 is 0 Å². The summed E-state index contributed by atoms with van der Waals surface area (Å²) in [6.07, 6.45) is 4.65. The smallest absolute Gasteiger partial charge is 0.241 e. The maximum atomic E-state index is 14.9. The largest absolute Gasteiger partial charge is 0.340 e. The zero-order valence-electron chi connectivity index (χ0n) is 19.8. The molecule has 0 radical (unpaired) electrons. The monoisotopic (exact) mass is 458 g/mol. The van der Waals surface area contributed by atoms with E-state index in [0.29, 0.717) is 25.7 Å². The molecule has 1 atom stereocenters. The molecule has 3 amide bonds. The van der Waals surface area contributed by atoms with Gasteiger partial charge in [-0.2, -0.15) is 0 Å². The van der Waals surface area contributed by atoms with Crippen molar-refractivity contribution < 1.29 is 18.8 Å². The number of likely N-dealkylation sites (tertiary alicyclic amines) is 1. The molecule has 3 fully saturated rings. The Balaban J connectivity index is 1.53. The highest BCUT2D eigenvalue weighted by molar-refractivity contribution is 6.10. The van der Waals surface area contributed by atoms with Crippen molar-refractivity contribution in [3.8, 4) is 0 Å². The van der Waals surface area contributed by atoms with Crippen LogP contribution in [0.4, 0.5) is 4.39 Å². The van der Waals surface area contributed by atoms with Gasteiger partial charge in [0.25, 0.3) is 0 Å². The Morgan fingerprint density at radius 3 is 2.39 bits per heavy atom. The lowest BCUT2D eigenvalue weighted by atomic mass is 9.75. The summed E-state index contributed by atoms with van der Waals surface area (Å²) in [4.78, 5) is 47.2. The first-order chi connectivity index (χ1) is 15.8. The van der Waals surface area contributed by atoms with Gasteiger partial charge in [-0.05, 0) is 33.0 Å². The molecule has 33 heavy (non-hydrogen) atoms. The van der Waals surface area contributed by atoms with E-state index in [1.807, 2.05) is 19.0 Å². The molecule has 0 unspecified atom stereocenters. The lowest BCUT2D eigenvalue weighted by Crippen LogP contribution is -2.53. The van der Waals surface area contributed by atoms with E-state index in [-0.39, 0.29) is 36.8 Å². The number of piperazine rings is 1. The Labute approximate surface area is 195 Å². The topological polar surface area (TPSA) is 64.2 Å². The zero-order valence-corrected chi connectivity index (χ0v) is 19.8. The number of likely N-dealkylation sites (N-methyl/N-ethyl adjacent to an activating group) is 1. The molecule has 2 heterocycles. The number of rotatable bonds is 7. The molecule has 7 nitrogen and oxygen atoms in total. The molecule has 0 bridgehead atoms. The first-order valence-electron chi connectivity index (χ1n) is 12.1. The molecule has 1 saturated carbocycles. The molecule has 3 aliphatic rings. The quantitative estimate of drug-likeness (QED) is 0.584. The number of imide groups is 1. The molecule has 8 heteroatoms.